The molecular formula is C20H27F3N4O5. The van der Waals surface area contributed by atoms with Crippen LogP contribution in [0.15, 0.2) is 18.6 Å². The van der Waals surface area contributed by atoms with Crippen molar-refractivity contribution in [3.63, 3.8) is 0 Å². The molecule has 4 heterocycles. The molecule has 0 saturated carbocycles. The molecular weight excluding hydrogens is 433 g/mol. The van der Waals surface area contributed by atoms with Crippen molar-refractivity contribution in [2.75, 3.05) is 52.6 Å². The van der Waals surface area contributed by atoms with Crippen molar-refractivity contribution in [2.45, 2.75) is 31.5 Å². The second-order valence-corrected chi connectivity index (χ2v) is 8.24. The van der Waals surface area contributed by atoms with Gasteiger partial charge in [0.2, 0.25) is 0 Å². The molecule has 9 nitrogen and oxygen atoms in total. The highest BCUT2D eigenvalue weighted by atomic mass is 19.4. The molecule has 3 saturated heterocycles. The van der Waals surface area contributed by atoms with Crippen LogP contribution in [-0.2, 0) is 14.3 Å². The molecule has 1 aromatic heterocycles. The number of carbonyl (C=O) groups is 2. The predicted molar refractivity (Wildman–Crippen MR) is 105 cm³/mol. The Bertz CT molecular complexity index is 776. The average Bonchev–Trinajstić information content (AvgIpc) is 3.08. The van der Waals surface area contributed by atoms with Crippen molar-refractivity contribution in [3.8, 4) is 0 Å². The lowest BCUT2D eigenvalue weighted by molar-refractivity contribution is -0.192. The molecule has 1 atom stereocenters. The molecule has 12 heteroatoms. The summed E-state index contributed by atoms with van der Waals surface area (Å²) in [5.74, 6) is -2.80. The first kappa shape index (κ1) is 24.3. The highest BCUT2D eigenvalue weighted by Crippen LogP contribution is 2.36. The maximum atomic E-state index is 12.8. The standard InChI is InChI=1S/C18H26N4O3.C2HF3O2/c23-17(16-11-19-4-5-20-16)22-7-10-25-14-18(13-22)3-6-21(12-18)15-1-8-24-9-2-15;3-2(4,5)1(6)7/h4-5,11,15H,1-3,6-10,12-14H2;(H,6,7). The van der Waals surface area contributed by atoms with Crippen LogP contribution in [0.5, 0.6) is 0 Å². The van der Waals surface area contributed by atoms with Crippen LogP contribution in [0, 0.1) is 5.41 Å². The molecule has 3 aliphatic rings. The number of aliphatic carboxylic acids is 1. The first-order chi connectivity index (χ1) is 15.2. The van der Waals surface area contributed by atoms with E-state index in [0.717, 1.165) is 58.7 Å². The zero-order valence-electron chi connectivity index (χ0n) is 17.6. The van der Waals surface area contributed by atoms with Gasteiger partial charge in [0.05, 0.1) is 19.4 Å². The van der Waals surface area contributed by atoms with Gasteiger partial charge in [0.15, 0.2) is 0 Å². The van der Waals surface area contributed by atoms with Crippen molar-refractivity contribution >= 4 is 11.9 Å². The molecule has 1 unspecified atom stereocenters. The zero-order chi connectivity index (χ0) is 23.2. The van der Waals surface area contributed by atoms with Crippen LogP contribution in [0.3, 0.4) is 0 Å². The van der Waals surface area contributed by atoms with Gasteiger partial charge in [-0.3, -0.25) is 14.7 Å². The molecule has 0 bridgehead atoms. The Hall–Kier alpha value is -2.31. The van der Waals surface area contributed by atoms with E-state index in [9.17, 15) is 18.0 Å². The summed E-state index contributed by atoms with van der Waals surface area (Å²) in [5, 5.41) is 7.12. The number of carboxylic acids is 1. The first-order valence-corrected chi connectivity index (χ1v) is 10.5. The minimum Gasteiger partial charge on any atom is -0.475 e. The van der Waals surface area contributed by atoms with Crippen molar-refractivity contribution in [2.24, 2.45) is 5.41 Å². The minimum absolute atomic E-state index is 0.0344. The fourth-order valence-electron chi connectivity index (χ4n) is 4.32. The summed E-state index contributed by atoms with van der Waals surface area (Å²) < 4.78 is 43.1. The van der Waals surface area contributed by atoms with E-state index in [0.29, 0.717) is 24.9 Å². The van der Waals surface area contributed by atoms with Crippen LogP contribution in [0.4, 0.5) is 13.2 Å². The van der Waals surface area contributed by atoms with Gasteiger partial charge in [0, 0.05) is 56.7 Å². The van der Waals surface area contributed by atoms with Crippen molar-refractivity contribution in [3.05, 3.63) is 24.3 Å². The summed E-state index contributed by atoms with van der Waals surface area (Å²) in [6.45, 7) is 6.49. The summed E-state index contributed by atoms with van der Waals surface area (Å²) in [5.41, 5.74) is 0.450. The van der Waals surface area contributed by atoms with Crippen LogP contribution >= 0.6 is 0 Å². The van der Waals surface area contributed by atoms with Gasteiger partial charge in [-0.15, -0.1) is 0 Å². The molecule has 1 amide bonds. The number of hydrogen-bond acceptors (Lipinski definition) is 7. The normalized spacial score (nSPS) is 25.2. The molecule has 4 rings (SSSR count). The van der Waals surface area contributed by atoms with E-state index < -0.39 is 12.1 Å². The summed E-state index contributed by atoms with van der Waals surface area (Å²) in [6, 6.07) is 0.612. The Morgan fingerprint density at radius 3 is 2.44 bits per heavy atom. The molecule has 3 fully saturated rings. The van der Waals surface area contributed by atoms with Gasteiger partial charge in [-0.25, -0.2) is 9.78 Å². The van der Waals surface area contributed by atoms with E-state index >= 15 is 0 Å². The van der Waals surface area contributed by atoms with Gasteiger partial charge >= 0.3 is 12.1 Å². The highest BCUT2D eigenvalue weighted by Gasteiger charge is 2.44. The van der Waals surface area contributed by atoms with E-state index in [-0.39, 0.29) is 11.3 Å². The quantitative estimate of drug-likeness (QED) is 0.707. The topological polar surface area (TPSA) is 105 Å². The molecule has 1 aromatic rings. The number of alkyl halides is 3. The molecule has 1 N–H and O–H groups in total. The number of carboxylic acid groups (broad SMARTS) is 1. The lowest BCUT2D eigenvalue weighted by Gasteiger charge is -2.35. The number of hydrogen-bond donors (Lipinski definition) is 1. The number of amides is 1. The van der Waals surface area contributed by atoms with Crippen LogP contribution in [0.1, 0.15) is 29.8 Å². The minimum atomic E-state index is -5.08. The predicted octanol–water partition coefficient (Wildman–Crippen LogP) is 1.45. The Morgan fingerprint density at radius 1 is 1.09 bits per heavy atom. The van der Waals surface area contributed by atoms with Crippen LogP contribution in [0.2, 0.25) is 0 Å². The molecule has 0 aromatic carbocycles. The van der Waals surface area contributed by atoms with Gasteiger partial charge in [-0.1, -0.05) is 0 Å². The van der Waals surface area contributed by atoms with Gasteiger partial charge in [-0.2, -0.15) is 13.2 Å². The van der Waals surface area contributed by atoms with E-state index in [2.05, 4.69) is 14.9 Å². The SMILES string of the molecule is O=C(O)C(F)(F)F.O=C(c1cnccn1)N1CCOCC2(CCN(C3CCOCC3)C2)C1. The summed E-state index contributed by atoms with van der Waals surface area (Å²) in [7, 11) is 0. The van der Waals surface area contributed by atoms with Crippen LogP contribution in [-0.4, -0.2) is 102 Å². The van der Waals surface area contributed by atoms with Gasteiger partial charge < -0.3 is 19.5 Å². The third-order valence-corrected chi connectivity index (χ3v) is 5.93. The zero-order valence-corrected chi connectivity index (χ0v) is 17.6. The lowest BCUT2D eigenvalue weighted by Crippen LogP contribution is -2.45. The van der Waals surface area contributed by atoms with Crippen LogP contribution < -0.4 is 0 Å². The number of carbonyl (C=O) groups excluding carboxylic acids is 1. The van der Waals surface area contributed by atoms with E-state index in [1.807, 2.05) is 4.90 Å². The van der Waals surface area contributed by atoms with E-state index in [4.69, 9.17) is 19.4 Å². The first-order valence-electron chi connectivity index (χ1n) is 10.5. The summed E-state index contributed by atoms with van der Waals surface area (Å²) in [4.78, 5) is 34.4. The Labute approximate surface area is 183 Å². The Balaban J connectivity index is 0.000000360. The Morgan fingerprint density at radius 2 is 1.81 bits per heavy atom. The molecule has 1 spiro atoms. The number of halogens is 3. The molecule has 0 aliphatic carbocycles. The number of ether oxygens (including phenoxy) is 2. The second-order valence-electron chi connectivity index (χ2n) is 8.24. The van der Waals surface area contributed by atoms with Gasteiger partial charge in [0.25, 0.3) is 5.91 Å². The van der Waals surface area contributed by atoms with Gasteiger partial charge in [0.1, 0.15) is 5.69 Å². The van der Waals surface area contributed by atoms with Crippen molar-refractivity contribution in [1.29, 1.82) is 0 Å². The Kier molecular flexibility index (Phi) is 8.01. The largest absolute Gasteiger partial charge is 0.490 e. The van der Waals surface area contributed by atoms with E-state index in [1.54, 1.807) is 18.6 Å². The maximum Gasteiger partial charge on any atom is 0.490 e. The number of likely N-dealkylation sites (tertiary alicyclic amines) is 1. The molecule has 0 radical (unpaired) electrons. The monoisotopic (exact) mass is 460 g/mol. The summed E-state index contributed by atoms with van der Waals surface area (Å²) in [6.07, 6.45) is 2.92. The number of rotatable bonds is 2. The number of nitrogens with zero attached hydrogens (tertiary/aromatic N) is 4. The average molecular weight is 460 g/mol. The molecule has 32 heavy (non-hydrogen) atoms. The number of aromatic nitrogens is 2. The second kappa shape index (κ2) is 10.5. The van der Waals surface area contributed by atoms with Crippen molar-refractivity contribution < 1.29 is 37.3 Å². The molecule has 178 valence electrons. The fraction of sp³-hybridized carbons (Fsp3) is 0.700. The van der Waals surface area contributed by atoms with E-state index in [1.165, 1.54) is 0 Å². The fourth-order valence-corrected chi connectivity index (χ4v) is 4.32. The smallest absolute Gasteiger partial charge is 0.475 e. The highest BCUT2D eigenvalue weighted by molar-refractivity contribution is 5.92. The maximum absolute atomic E-state index is 12.8. The lowest BCUT2D eigenvalue weighted by atomic mass is 9.87. The third kappa shape index (κ3) is 6.36. The van der Waals surface area contributed by atoms with Crippen molar-refractivity contribution in [1.82, 2.24) is 19.8 Å². The third-order valence-electron chi connectivity index (χ3n) is 5.93. The van der Waals surface area contributed by atoms with Crippen LogP contribution in [0.25, 0.3) is 0 Å². The molecule has 3 aliphatic heterocycles. The van der Waals surface area contributed by atoms with Gasteiger partial charge in [-0.05, 0) is 25.8 Å². The summed E-state index contributed by atoms with van der Waals surface area (Å²) >= 11 is 0.